The van der Waals surface area contributed by atoms with Gasteiger partial charge in [0, 0.05) is 11.4 Å². The molecule has 0 aliphatic rings. The first kappa shape index (κ1) is 13.5. The van der Waals surface area contributed by atoms with E-state index in [2.05, 4.69) is 10.6 Å². The Hall–Kier alpha value is -1.56. The largest absolute Gasteiger partial charge is 0.479 e. The SMILES string of the molecule is CC(C)CNC(=O)NC(C(=O)O)c1cccs1. The number of thiophene rings is 1. The molecule has 1 rings (SSSR count). The third-order valence-electron chi connectivity index (χ3n) is 2.02. The maximum absolute atomic E-state index is 11.5. The van der Waals surface area contributed by atoms with Crippen LogP contribution in [-0.2, 0) is 4.79 Å². The van der Waals surface area contributed by atoms with Gasteiger partial charge in [0.15, 0.2) is 6.04 Å². The van der Waals surface area contributed by atoms with Crippen LogP contribution >= 0.6 is 11.3 Å². The van der Waals surface area contributed by atoms with Gasteiger partial charge in [-0.15, -0.1) is 11.3 Å². The molecule has 1 atom stereocenters. The van der Waals surface area contributed by atoms with Gasteiger partial charge in [-0.1, -0.05) is 19.9 Å². The molecule has 0 spiro atoms. The average molecular weight is 256 g/mol. The molecule has 0 aromatic carbocycles. The van der Waals surface area contributed by atoms with Crippen LogP contribution in [0, 0.1) is 5.92 Å². The zero-order valence-electron chi connectivity index (χ0n) is 9.77. The van der Waals surface area contributed by atoms with E-state index in [0.29, 0.717) is 17.3 Å². The maximum atomic E-state index is 11.5. The third-order valence-corrected chi connectivity index (χ3v) is 2.96. The summed E-state index contributed by atoms with van der Waals surface area (Å²) < 4.78 is 0. The fourth-order valence-electron chi connectivity index (χ4n) is 1.19. The van der Waals surface area contributed by atoms with Crippen molar-refractivity contribution < 1.29 is 14.7 Å². The summed E-state index contributed by atoms with van der Waals surface area (Å²) in [6, 6.07) is 2.00. The number of carbonyl (C=O) groups excluding carboxylic acids is 1. The standard InChI is InChI=1S/C11H16N2O3S/c1-7(2)6-12-11(16)13-9(10(14)15)8-4-3-5-17-8/h3-5,7,9H,6H2,1-2H3,(H,14,15)(H2,12,13,16). The van der Waals surface area contributed by atoms with Crippen molar-refractivity contribution in [2.24, 2.45) is 5.92 Å². The van der Waals surface area contributed by atoms with Crippen LogP contribution in [0.1, 0.15) is 24.8 Å². The van der Waals surface area contributed by atoms with Crippen LogP contribution < -0.4 is 10.6 Å². The van der Waals surface area contributed by atoms with E-state index in [4.69, 9.17) is 5.11 Å². The zero-order chi connectivity index (χ0) is 12.8. The van der Waals surface area contributed by atoms with Crippen LogP contribution in [0.15, 0.2) is 17.5 Å². The Labute approximate surface area is 104 Å². The van der Waals surface area contributed by atoms with Crippen molar-refractivity contribution in [1.82, 2.24) is 10.6 Å². The molecule has 2 amide bonds. The molecule has 0 saturated heterocycles. The monoisotopic (exact) mass is 256 g/mol. The molecule has 0 saturated carbocycles. The molecule has 5 nitrogen and oxygen atoms in total. The number of aliphatic carboxylic acids is 1. The van der Waals surface area contributed by atoms with Crippen molar-refractivity contribution >= 4 is 23.3 Å². The lowest BCUT2D eigenvalue weighted by atomic mass is 10.2. The summed E-state index contributed by atoms with van der Waals surface area (Å²) in [6.07, 6.45) is 0. The normalized spacial score (nSPS) is 12.2. The van der Waals surface area contributed by atoms with Gasteiger partial charge in [-0.05, 0) is 17.4 Å². The molecule has 0 fully saturated rings. The van der Waals surface area contributed by atoms with Crippen LogP contribution in [-0.4, -0.2) is 23.7 Å². The second-order valence-electron chi connectivity index (χ2n) is 4.03. The molecule has 1 unspecified atom stereocenters. The van der Waals surface area contributed by atoms with E-state index in [9.17, 15) is 9.59 Å². The molecule has 0 aliphatic heterocycles. The summed E-state index contributed by atoms with van der Waals surface area (Å²) in [5.74, 6) is -0.738. The van der Waals surface area contributed by atoms with E-state index in [1.807, 2.05) is 13.8 Å². The molecule has 3 N–H and O–H groups in total. The predicted octanol–water partition coefficient (Wildman–Crippen LogP) is 1.83. The summed E-state index contributed by atoms with van der Waals surface area (Å²) in [5.41, 5.74) is 0. The van der Waals surface area contributed by atoms with E-state index in [1.54, 1.807) is 17.5 Å². The lowest BCUT2D eigenvalue weighted by molar-refractivity contribution is -0.139. The first-order chi connectivity index (χ1) is 8.00. The third kappa shape index (κ3) is 4.44. The zero-order valence-corrected chi connectivity index (χ0v) is 10.6. The summed E-state index contributed by atoms with van der Waals surface area (Å²) in [6.45, 7) is 4.45. The quantitative estimate of drug-likeness (QED) is 0.752. The molecule has 1 aromatic heterocycles. The molecule has 1 aromatic rings. The Balaban J connectivity index is 2.56. The van der Waals surface area contributed by atoms with Crippen LogP contribution in [0.4, 0.5) is 4.79 Å². The second kappa shape index (κ2) is 6.24. The van der Waals surface area contributed by atoms with Crippen LogP contribution in [0.3, 0.4) is 0 Å². The summed E-state index contributed by atoms with van der Waals surface area (Å²) in [4.78, 5) is 23.1. The summed E-state index contributed by atoms with van der Waals surface area (Å²) in [7, 11) is 0. The van der Waals surface area contributed by atoms with E-state index >= 15 is 0 Å². The number of urea groups is 1. The Morgan fingerprint density at radius 1 is 1.47 bits per heavy atom. The number of nitrogens with one attached hydrogen (secondary N) is 2. The van der Waals surface area contributed by atoms with Gasteiger partial charge < -0.3 is 15.7 Å². The molecule has 94 valence electrons. The number of carboxylic acid groups (broad SMARTS) is 1. The van der Waals surface area contributed by atoms with E-state index < -0.39 is 18.0 Å². The molecular formula is C11H16N2O3S. The fourth-order valence-corrected chi connectivity index (χ4v) is 1.96. The Kier molecular flexibility index (Phi) is 4.96. The van der Waals surface area contributed by atoms with Crippen molar-refractivity contribution in [3.8, 4) is 0 Å². The van der Waals surface area contributed by atoms with Crippen molar-refractivity contribution in [1.29, 1.82) is 0 Å². The van der Waals surface area contributed by atoms with Crippen LogP contribution in [0.5, 0.6) is 0 Å². The number of rotatable bonds is 5. The Bertz CT molecular complexity index is 376. The predicted molar refractivity (Wildman–Crippen MR) is 66.1 cm³/mol. The van der Waals surface area contributed by atoms with Gasteiger partial charge >= 0.3 is 12.0 Å². The Morgan fingerprint density at radius 3 is 2.65 bits per heavy atom. The molecule has 6 heteroatoms. The molecule has 0 aliphatic carbocycles. The van der Waals surface area contributed by atoms with Gasteiger partial charge in [-0.3, -0.25) is 0 Å². The first-order valence-corrected chi connectivity index (χ1v) is 6.19. The van der Waals surface area contributed by atoms with E-state index in [1.165, 1.54) is 11.3 Å². The second-order valence-corrected chi connectivity index (χ2v) is 5.01. The smallest absolute Gasteiger partial charge is 0.331 e. The lowest BCUT2D eigenvalue weighted by Gasteiger charge is -2.14. The summed E-state index contributed by atoms with van der Waals surface area (Å²) >= 11 is 1.30. The van der Waals surface area contributed by atoms with Gasteiger partial charge in [-0.25, -0.2) is 9.59 Å². The number of carbonyl (C=O) groups is 2. The summed E-state index contributed by atoms with van der Waals surface area (Å²) in [5, 5.41) is 15.9. The number of hydrogen-bond acceptors (Lipinski definition) is 3. The van der Waals surface area contributed by atoms with Gasteiger partial charge in [0.2, 0.25) is 0 Å². The highest BCUT2D eigenvalue weighted by atomic mass is 32.1. The highest BCUT2D eigenvalue weighted by Crippen LogP contribution is 2.18. The lowest BCUT2D eigenvalue weighted by Crippen LogP contribution is -2.41. The highest BCUT2D eigenvalue weighted by molar-refractivity contribution is 7.10. The van der Waals surface area contributed by atoms with Crippen molar-refractivity contribution in [2.75, 3.05) is 6.54 Å². The minimum absolute atomic E-state index is 0.325. The maximum Gasteiger partial charge on any atom is 0.331 e. The van der Waals surface area contributed by atoms with Crippen LogP contribution in [0.2, 0.25) is 0 Å². The van der Waals surface area contributed by atoms with Crippen molar-refractivity contribution in [3.63, 3.8) is 0 Å². The highest BCUT2D eigenvalue weighted by Gasteiger charge is 2.22. The van der Waals surface area contributed by atoms with Gasteiger partial charge in [0.25, 0.3) is 0 Å². The van der Waals surface area contributed by atoms with Gasteiger partial charge in [0.05, 0.1) is 0 Å². The molecule has 0 bridgehead atoms. The number of hydrogen-bond donors (Lipinski definition) is 3. The molecule has 17 heavy (non-hydrogen) atoms. The fraction of sp³-hybridized carbons (Fsp3) is 0.455. The van der Waals surface area contributed by atoms with Crippen LogP contribution in [0.25, 0.3) is 0 Å². The minimum atomic E-state index is -1.06. The number of amides is 2. The van der Waals surface area contributed by atoms with Crippen molar-refractivity contribution in [2.45, 2.75) is 19.9 Å². The molecular weight excluding hydrogens is 240 g/mol. The number of carboxylic acids is 1. The van der Waals surface area contributed by atoms with E-state index in [-0.39, 0.29) is 0 Å². The minimum Gasteiger partial charge on any atom is -0.479 e. The Morgan fingerprint density at radius 2 is 2.18 bits per heavy atom. The molecule has 1 heterocycles. The van der Waals surface area contributed by atoms with Gasteiger partial charge in [-0.2, -0.15) is 0 Å². The average Bonchev–Trinajstić information content (AvgIpc) is 2.75. The van der Waals surface area contributed by atoms with Gasteiger partial charge in [0.1, 0.15) is 0 Å². The first-order valence-electron chi connectivity index (χ1n) is 5.31. The van der Waals surface area contributed by atoms with Crippen molar-refractivity contribution in [3.05, 3.63) is 22.4 Å². The topological polar surface area (TPSA) is 78.4 Å². The molecule has 0 radical (unpaired) electrons. The van der Waals surface area contributed by atoms with E-state index in [0.717, 1.165) is 0 Å².